The number of carbonyl (C=O) groups excluding carboxylic acids is 1. The number of rotatable bonds is 4. The van der Waals surface area contributed by atoms with Crippen molar-refractivity contribution in [1.29, 1.82) is 0 Å². The second-order valence-corrected chi connectivity index (χ2v) is 6.80. The molecule has 3 rings (SSSR count). The second-order valence-electron chi connectivity index (χ2n) is 6.80. The second kappa shape index (κ2) is 6.03. The van der Waals surface area contributed by atoms with E-state index in [1.807, 2.05) is 0 Å². The summed E-state index contributed by atoms with van der Waals surface area (Å²) in [5.41, 5.74) is 0.569. The van der Waals surface area contributed by atoms with Crippen molar-refractivity contribution in [1.82, 2.24) is 15.1 Å². The molecule has 0 aromatic carbocycles. The van der Waals surface area contributed by atoms with Crippen molar-refractivity contribution in [2.45, 2.75) is 44.4 Å². The van der Waals surface area contributed by atoms with Crippen molar-refractivity contribution in [3.63, 3.8) is 0 Å². The Balaban J connectivity index is 1.65. The molecule has 1 spiro atoms. The van der Waals surface area contributed by atoms with Crippen molar-refractivity contribution in [3.8, 4) is 0 Å². The normalized spacial score (nSPS) is 29.2. The Labute approximate surface area is 143 Å². The van der Waals surface area contributed by atoms with E-state index >= 15 is 0 Å². The minimum absolute atomic E-state index is 0.0785. The Morgan fingerprint density at radius 2 is 2.04 bits per heavy atom. The zero-order valence-corrected chi connectivity index (χ0v) is 13.5. The fourth-order valence-corrected chi connectivity index (χ4v) is 3.65. The van der Waals surface area contributed by atoms with E-state index < -0.39 is 36.5 Å². The fourth-order valence-electron chi connectivity index (χ4n) is 3.65. The molecule has 2 heterocycles. The van der Waals surface area contributed by atoms with Crippen molar-refractivity contribution in [2.75, 3.05) is 18.4 Å². The number of aromatic amines is 1. The number of anilines is 1. The number of alkyl halides is 6. The first-order chi connectivity index (χ1) is 11.9. The Morgan fingerprint density at radius 1 is 1.38 bits per heavy atom. The zero-order valence-electron chi connectivity index (χ0n) is 13.5. The van der Waals surface area contributed by atoms with Gasteiger partial charge in [-0.3, -0.25) is 10.00 Å². The number of ether oxygens (including phenoxy) is 1. The molecule has 1 aliphatic heterocycles. The van der Waals surface area contributed by atoms with Gasteiger partial charge in [0.15, 0.2) is 6.23 Å². The molecule has 2 N–H and O–H groups in total. The number of carbonyl (C=O) groups is 1. The third-order valence-electron chi connectivity index (χ3n) is 4.70. The lowest BCUT2D eigenvalue weighted by Crippen LogP contribution is -2.73. The van der Waals surface area contributed by atoms with Gasteiger partial charge in [-0.25, -0.2) is 4.79 Å². The largest absolute Gasteiger partial charge is 0.490 e. The molecule has 0 amide bonds. The van der Waals surface area contributed by atoms with Gasteiger partial charge in [-0.15, -0.1) is 0 Å². The summed E-state index contributed by atoms with van der Waals surface area (Å²) in [5.74, 6) is -2.48. The molecule has 2 aliphatic rings. The van der Waals surface area contributed by atoms with E-state index in [-0.39, 0.29) is 12.6 Å². The highest BCUT2D eigenvalue weighted by Gasteiger charge is 2.64. The maximum absolute atomic E-state index is 12.6. The molecule has 12 heteroatoms. The van der Waals surface area contributed by atoms with Crippen LogP contribution in [0.15, 0.2) is 6.20 Å². The van der Waals surface area contributed by atoms with E-state index in [2.05, 4.69) is 20.3 Å². The third-order valence-corrected chi connectivity index (χ3v) is 4.70. The summed E-state index contributed by atoms with van der Waals surface area (Å²) in [7, 11) is 0. The molecule has 0 radical (unpaired) electrons. The molecular formula is C14H16F6N4O2. The standard InChI is InChI=1S/C14H16F6N4O2/c1-7-9(4-21-23-7)22-8-2-12(3-8)5-24(6-13(15,16)17)10(12)26-11(25)14(18,19)20/h4,8,10,22H,2-3,5-6H2,1H3,(H,21,23). The number of likely N-dealkylation sites (tertiary alicyclic amines) is 1. The van der Waals surface area contributed by atoms with E-state index in [1.165, 1.54) is 6.20 Å². The van der Waals surface area contributed by atoms with Crippen LogP contribution in [0.4, 0.5) is 32.0 Å². The zero-order chi connectivity index (χ0) is 19.3. The summed E-state index contributed by atoms with van der Waals surface area (Å²) in [6.45, 7) is 0.264. The van der Waals surface area contributed by atoms with Crippen LogP contribution in [0, 0.1) is 12.3 Å². The Bertz CT molecular complexity index is 680. The van der Waals surface area contributed by atoms with Gasteiger partial charge in [0, 0.05) is 18.0 Å². The van der Waals surface area contributed by atoms with Crippen LogP contribution < -0.4 is 5.32 Å². The smallest absolute Gasteiger partial charge is 0.439 e. The number of nitrogens with one attached hydrogen (secondary N) is 2. The van der Waals surface area contributed by atoms with Crippen LogP contribution in [-0.2, 0) is 9.53 Å². The quantitative estimate of drug-likeness (QED) is 0.615. The number of esters is 1. The lowest BCUT2D eigenvalue weighted by atomic mass is 9.59. The third kappa shape index (κ3) is 3.60. The number of nitrogens with zero attached hydrogens (tertiary/aromatic N) is 2. The molecule has 0 bridgehead atoms. The molecule has 146 valence electrons. The number of hydrogen-bond acceptors (Lipinski definition) is 5. The highest BCUT2D eigenvalue weighted by Crippen LogP contribution is 2.55. The van der Waals surface area contributed by atoms with E-state index in [9.17, 15) is 31.1 Å². The maximum atomic E-state index is 12.6. The minimum atomic E-state index is -5.25. The van der Waals surface area contributed by atoms with Gasteiger partial charge >= 0.3 is 18.3 Å². The van der Waals surface area contributed by atoms with Crippen LogP contribution in [0.1, 0.15) is 18.5 Å². The van der Waals surface area contributed by atoms with Gasteiger partial charge in [-0.2, -0.15) is 31.4 Å². The molecule has 2 fully saturated rings. The molecule has 6 nitrogen and oxygen atoms in total. The van der Waals surface area contributed by atoms with Crippen molar-refractivity contribution >= 4 is 11.7 Å². The number of aryl methyl sites for hydroxylation is 1. The summed E-state index contributed by atoms with van der Waals surface area (Å²) in [4.78, 5) is 11.8. The Morgan fingerprint density at radius 3 is 2.54 bits per heavy atom. The van der Waals surface area contributed by atoms with Crippen LogP contribution in [0.2, 0.25) is 0 Å². The summed E-state index contributed by atoms with van der Waals surface area (Å²) in [5, 5.41) is 9.66. The first-order valence-corrected chi connectivity index (χ1v) is 7.75. The monoisotopic (exact) mass is 386 g/mol. The first kappa shape index (κ1) is 18.8. The van der Waals surface area contributed by atoms with Crippen LogP contribution in [-0.4, -0.2) is 58.8 Å². The lowest BCUT2D eigenvalue weighted by molar-refractivity contribution is -0.287. The molecule has 1 aliphatic carbocycles. The number of hydrogen-bond donors (Lipinski definition) is 2. The van der Waals surface area contributed by atoms with Gasteiger partial charge in [0.05, 0.1) is 24.1 Å². The molecule has 1 saturated heterocycles. The Kier molecular flexibility index (Phi) is 4.36. The van der Waals surface area contributed by atoms with Gasteiger partial charge in [0.1, 0.15) is 0 Å². The van der Waals surface area contributed by atoms with Crippen molar-refractivity contribution in [2.24, 2.45) is 5.41 Å². The van der Waals surface area contributed by atoms with Crippen molar-refractivity contribution < 1.29 is 35.9 Å². The molecular weight excluding hydrogens is 370 g/mol. The fraction of sp³-hybridized carbons (Fsp3) is 0.714. The summed E-state index contributed by atoms with van der Waals surface area (Å²) in [6, 6.07) is -0.147. The predicted molar refractivity (Wildman–Crippen MR) is 76.0 cm³/mol. The molecule has 1 aromatic rings. The maximum Gasteiger partial charge on any atom is 0.490 e. The molecule has 1 atom stereocenters. The number of H-pyrrole nitrogens is 1. The van der Waals surface area contributed by atoms with Crippen LogP contribution in [0.3, 0.4) is 0 Å². The molecule has 1 saturated carbocycles. The predicted octanol–water partition coefficient (Wildman–Crippen LogP) is 2.59. The van der Waals surface area contributed by atoms with Gasteiger partial charge in [-0.1, -0.05) is 0 Å². The number of halogens is 6. The number of aromatic nitrogens is 2. The topological polar surface area (TPSA) is 70.2 Å². The van der Waals surface area contributed by atoms with Gasteiger partial charge < -0.3 is 10.1 Å². The summed E-state index contributed by atoms with van der Waals surface area (Å²) < 4.78 is 79.5. The van der Waals surface area contributed by atoms with Gasteiger partial charge in [0.2, 0.25) is 0 Å². The van der Waals surface area contributed by atoms with Crippen LogP contribution in [0.5, 0.6) is 0 Å². The Hall–Kier alpha value is -1.98. The molecule has 1 unspecified atom stereocenters. The van der Waals surface area contributed by atoms with E-state index in [0.717, 1.165) is 5.69 Å². The highest BCUT2D eigenvalue weighted by atomic mass is 19.4. The lowest BCUT2D eigenvalue weighted by Gasteiger charge is -2.63. The van der Waals surface area contributed by atoms with Crippen LogP contribution >= 0.6 is 0 Å². The van der Waals surface area contributed by atoms with Crippen LogP contribution in [0.25, 0.3) is 0 Å². The summed E-state index contributed by atoms with van der Waals surface area (Å²) in [6.07, 6.45) is -9.26. The summed E-state index contributed by atoms with van der Waals surface area (Å²) >= 11 is 0. The average Bonchev–Trinajstić information content (AvgIpc) is 2.83. The van der Waals surface area contributed by atoms with E-state index in [4.69, 9.17) is 0 Å². The van der Waals surface area contributed by atoms with E-state index in [1.54, 1.807) is 6.92 Å². The van der Waals surface area contributed by atoms with Gasteiger partial charge in [-0.05, 0) is 19.8 Å². The average molecular weight is 386 g/mol. The van der Waals surface area contributed by atoms with E-state index in [0.29, 0.717) is 23.4 Å². The molecule has 26 heavy (non-hydrogen) atoms. The first-order valence-electron chi connectivity index (χ1n) is 7.75. The SMILES string of the molecule is Cc1[nH]ncc1NC1CC2(C1)CN(CC(F)(F)F)C2OC(=O)C(F)(F)F. The highest BCUT2D eigenvalue weighted by molar-refractivity contribution is 5.76. The molecule has 1 aromatic heterocycles. The van der Waals surface area contributed by atoms with Gasteiger partial charge in [0.25, 0.3) is 0 Å². The minimum Gasteiger partial charge on any atom is -0.439 e. The van der Waals surface area contributed by atoms with Crippen molar-refractivity contribution in [3.05, 3.63) is 11.9 Å².